The molecular formula is C13H13F3O. The number of rotatable bonds is 3. The molecule has 0 spiro atoms. The lowest BCUT2D eigenvalue weighted by Gasteiger charge is -2.17. The third-order valence-corrected chi connectivity index (χ3v) is 3.61. The highest BCUT2D eigenvalue weighted by atomic mass is 19.4. The van der Waals surface area contributed by atoms with E-state index in [0.717, 1.165) is 31.4 Å². The van der Waals surface area contributed by atoms with Crippen LogP contribution in [0.5, 0.6) is 0 Å². The van der Waals surface area contributed by atoms with Crippen molar-refractivity contribution in [3.63, 3.8) is 0 Å². The molecular weight excluding hydrogens is 229 g/mol. The van der Waals surface area contributed by atoms with Crippen LogP contribution in [-0.2, 0) is 11.6 Å². The number of benzene rings is 1. The number of hydrogen-bond donors (Lipinski definition) is 0. The fourth-order valence-electron chi connectivity index (χ4n) is 2.26. The van der Waals surface area contributed by atoms with E-state index in [1.807, 2.05) is 6.92 Å². The molecule has 1 aromatic carbocycles. The van der Waals surface area contributed by atoms with E-state index in [-0.39, 0.29) is 5.41 Å². The number of aldehydes is 1. The van der Waals surface area contributed by atoms with Gasteiger partial charge in [0.05, 0.1) is 5.56 Å². The van der Waals surface area contributed by atoms with Crippen LogP contribution < -0.4 is 0 Å². The first-order valence-electron chi connectivity index (χ1n) is 5.60. The molecule has 0 unspecified atom stereocenters. The summed E-state index contributed by atoms with van der Waals surface area (Å²) in [4.78, 5) is 10.9. The summed E-state index contributed by atoms with van der Waals surface area (Å²) in [5.41, 5.74) is 0.0809. The molecule has 1 aromatic rings. The average molecular weight is 242 g/mol. The van der Waals surface area contributed by atoms with E-state index in [4.69, 9.17) is 0 Å². The van der Waals surface area contributed by atoms with Crippen LogP contribution in [-0.4, -0.2) is 6.29 Å². The van der Waals surface area contributed by atoms with Crippen molar-refractivity contribution in [3.05, 3.63) is 34.9 Å². The van der Waals surface area contributed by atoms with Crippen LogP contribution in [0.15, 0.2) is 18.2 Å². The van der Waals surface area contributed by atoms with Gasteiger partial charge in [-0.3, -0.25) is 4.79 Å². The van der Waals surface area contributed by atoms with Crippen molar-refractivity contribution < 1.29 is 18.0 Å². The van der Waals surface area contributed by atoms with Crippen LogP contribution in [0, 0.1) is 0 Å². The molecule has 1 aliphatic carbocycles. The molecule has 1 saturated carbocycles. The number of halogens is 3. The largest absolute Gasteiger partial charge is 0.416 e. The molecule has 0 radical (unpaired) electrons. The van der Waals surface area contributed by atoms with Crippen molar-refractivity contribution in [1.82, 2.24) is 0 Å². The highest BCUT2D eigenvalue weighted by Gasteiger charge is 2.44. The van der Waals surface area contributed by atoms with E-state index >= 15 is 0 Å². The van der Waals surface area contributed by atoms with Gasteiger partial charge in [0, 0.05) is 5.56 Å². The normalized spacial score (nSPS) is 17.9. The first-order chi connectivity index (χ1) is 7.93. The minimum absolute atomic E-state index is 0.197. The lowest BCUT2D eigenvalue weighted by Crippen LogP contribution is -2.12. The molecule has 1 aliphatic rings. The SMILES string of the molecule is CCC1(c2cc(C(F)(F)F)ccc2C=O)CC1. The van der Waals surface area contributed by atoms with E-state index < -0.39 is 11.7 Å². The Morgan fingerprint density at radius 1 is 1.35 bits per heavy atom. The number of hydrogen-bond acceptors (Lipinski definition) is 1. The van der Waals surface area contributed by atoms with Crippen LogP contribution in [0.3, 0.4) is 0 Å². The van der Waals surface area contributed by atoms with E-state index in [0.29, 0.717) is 17.4 Å². The maximum Gasteiger partial charge on any atom is 0.416 e. The molecule has 0 bridgehead atoms. The maximum absolute atomic E-state index is 12.6. The standard InChI is InChI=1S/C13H13F3O/c1-2-12(5-6-12)11-7-10(13(14,15)16)4-3-9(11)8-17/h3-4,7-8H,2,5-6H2,1H3. The average Bonchev–Trinajstić information content (AvgIpc) is 3.08. The Morgan fingerprint density at radius 2 is 2.00 bits per heavy atom. The van der Waals surface area contributed by atoms with Crippen molar-refractivity contribution in [3.8, 4) is 0 Å². The van der Waals surface area contributed by atoms with Gasteiger partial charge < -0.3 is 0 Å². The first kappa shape index (κ1) is 12.1. The van der Waals surface area contributed by atoms with Crippen molar-refractivity contribution in [2.45, 2.75) is 37.8 Å². The van der Waals surface area contributed by atoms with Gasteiger partial charge in [0.2, 0.25) is 0 Å². The molecule has 92 valence electrons. The third kappa shape index (κ3) is 2.08. The predicted molar refractivity (Wildman–Crippen MR) is 58.0 cm³/mol. The summed E-state index contributed by atoms with van der Waals surface area (Å²) in [6.45, 7) is 1.95. The quantitative estimate of drug-likeness (QED) is 0.733. The topological polar surface area (TPSA) is 17.1 Å². The number of carbonyl (C=O) groups is 1. The molecule has 0 aliphatic heterocycles. The van der Waals surface area contributed by atoms with Gasteiger partial charge in [-0.05, 0) is 42.4 Å². The fourth-order valence-corrected chi connectivity index (χ4v) is 2.26. The van der Waals surface area contributed by atoms with Crippen molar-refractivity contribution in [2.24, 2.45) is 0 Å². The van der Waals surface area contributed by atoms with Crippen molar-refractivity contribution in [2.75, 3.05) is 0 Å². The van der Waals surface area contributed by atoms with E-state index in [1.165, 1.54) is 6.07 Å². The number of carbonyl (C=O) groups excluding carboxylic acids is 1. The molecule has 0 saturated heterocycles. The predicted octanol–water partition coefficient (Wildman–Crippen LogP) is 3.96. The highest BCUT2D eigenvalue weighted by Crippen LogP contribution is 2.52. The minimum Gasteiger partial charge on any atom is -0.298 e. The zero-order valence-corrected chi connectivity index (χ0v) is 9.47. The molecule has 1 fully saturated rings. The highest BCUT2D eigenvalue weighted by molar-refractivity contribution is 5.78. The van der Waals surface area contributed by atoms with Crippen LogP contribution >= 0.6 is 0 Å². The Bertz CT molecular complexity index is 444. The Hall–Kier alpha value is -1.32. The summed E-state index contributed by atoms with van der Waals surface area (Å²) < 4.78 is 37.9. The Kier molecular flexibility index (Phi) is 2.76. The van der Waals surface area contributed by atoms with E-state index in [9.17, 15) is 18.0 Å². The number of alkyl halides is 3. The van der Waals surface area contributed by atoms with Crippen LogP contribution in [0.1, 0.15) is 47.7 Å². The first-order valence-corrected chi connectivity index (χ1v) is 5.60. The second-order valence-electron chi connectivity index (χ2n) is 4.55. The third-order valence-electron chi connectivity index (χ3n) is 3.61. The van der Waals surface area contributed by atoms with Gasteiger partial charge in [0.25, 0.3) is 0 Å². The summed E-state index contributed by atoms with van der Waals surface area (Å²) in [5.74, 6) is 0. The molecule has 1 nitrogen and oxygen atoms in total. The van der Waals surface area contributed by atoms with Gasteiger partial charge in [-0.15, -0.1) is 0 Å². The second kappa shape index (κ2) is 3.86. The molecule has 2 rings (SSSR count). The summed E-state index contributed by atoms with van der Waals surface area (Å²) in [6.07, 6.45) is -1.20. The molecule has 4 heteroatoms. The van der Waals surface area contributed by atoms with Gasteiger partial charge >= 0.3 is 6.18 Å². The van der Waals surface area contributed by atoms with Crippen LogP contribution in [0.25, 0.3) is 0 Å². The summed E-state index contributed by atoms with van der Waals surface area (Å²) >= 11 is 0. The Balaban J connectivity index is 2.52. The molecule has 0 atom stereocenters. The Labute approximate surface area is 97.6 Å². The van der Waals surface area contributed by atoms with Gasteiger partial charge in [0.1, 0.15) is 6.29 Å². The summed E-state index contributed by atoms with van der Waals surface area (Å²) in [5, 5.41) is 0. The molecule has 0 aromatic heterocycles. The smallest absolute Gasteiger partial charge is 0.298 e. The van der Waals surface area contributed by atoms with Gasteiger partial charge in [-0.25, -0.2) is 0 Å². The van der Waals surface area contributed by atoms with Crippen LogP contribution in [0.2, 0.25) is 0 Å². The lowest BCUT2D eigenvalue weighted by molar-refractivity contribution is -0.137. The molecule has 0 heterocycles. The van der Waals surface area contributed by atoms with Gasteiger partial charge in [0.15, 0.2) is 0 Å². The fraction of sp³-hybridized carbons (Fsp3) is 0.462. The van der Waals surface area contributed by atoms with Gasteiger partial charge in [-0.1, -0.05) is 13.0 Å². The van der Waals surface area contributed by atoms with E-state index in [2.05, 4.69) is 0 Å². The second-order valence-corrected chi connectivity index (χ2v) is 4.55. The summed E-state index contributed by atoms with van der Waals surface area (Å²) in [6, 6.07) is 3.39. The van der Waals surface area contributed by atoms with Crippen molar-refractivity contribution >= 4 is 6.29 Å². The summed E-state index contributed by atoms with van der Waals surface area (Å²) in [7, 11) is 0. The van der Waals surface area contributed by atoms with Crippen molar-refractivity contribution in [1.29, 1.82) is 0 Å². The molecule has 17 heavy (non-hydrogen) atoms. The Morgan fingerprint density at radius 3 is 2.41 bits per heavy atom. The lowest BCUT2D eigenvalue weighted by atomic mass is 9.88. The zero-order chi connectivity index (χ0) is 12.7. The zero-order valence-electron chi connectivity index (χ0n) is 9.47. The van der Waals surface area contributed by atoms with Crippen LogP contribution in [0.4, 0.5) is 13.2 Å². The van der Waals surface area contributed by atoms with E-state index in [1.54, 1.807) is 0 Å². The van der Waals surface area contributed by atoms with Gasteiger partial charge in [-0.2, -0.15) is 13.2 Å². The molecule has 0 N–H and O–H groups in total. The minimum atomic E-state index is -4.35. The monoisotopic (exact) mass is 242 g/mol. The maximum atomic E-state index is 12.6. The molecule has 0 amide bonds.